The van der Waals surface area contributed by atoms with Gasteiger partial charge in [-0.3, -0.25) is 0 Å². The van der Waals surface area contributed by atoms with Gasteiger partial charge in [0.25, 0.3) is 0 Å². The molecule has 0 aromatic carbocycles. The van der Waals surface area contributed by atoms with Crippen LogP contribution < -0.4 is 0 Å². The Bertz CT molecular complexity index is 353. The molecule has 0 saturated carbocycles. The van der Waals surface area contributed by atoms with E-state index in [4.69, 9.17) is 9.72 Å². The molecule has 1 saturated heterocycles. The van der Waals surface area contributed by atoms with Crippen molar-refractivity contribution in [1.29, 1.82) is 0 Å². The van der Waals surface area contributed by atoms with Gasteiger partial charge >= 0.3 is 0 Å². The first kappa shape index (κ1) is 9.40. The lowest BCUT2D eigenvalue weighted by molar-refractivity contribution is 0.193. The Hall–Kier alpha value is -0.830. The average molecular weight is 206 g/mol. The molecule has 1 aromatic rings. The second-order valence-corrected chi connectivity index (χ2v) is 4.94. The fourth-order valence-electron chi connectivity index (χ4n) is 2.60. The van der Waals surface area contributed by atoms with Gasteiger partial charge in [0.15, 0.2) is 0 Å². The molecule has 0 spiro atoms. The minimum Gasteiger partial charge on any atom is -0.381 e. The highest BCUT2D eigenvalue weighted by molar-refractivity contribution is 5.12. The monoisotopic (exact) mass is 206 g/mol. The molecule has 0 aliphatic carbocycles. The van der Waals surface area contributed by atoms with E-state index in [9.17, 15) is 0 Å². The number of fused-ring (bicyclic) bond motifs is 1. The zero-order valence-corrected chi connectivity index (χ0v) is 9.28. The second kappa shape index (κ2) is 3.63. The maximum absolute atomic E-state index is 5.42. The van der Waals surface area contributed by atoms with Crippen LogP contribution in [0.5, 0.6) is 0 Å². The number of aryl methyl sites for hydroxylation is 1. The molecule has 1 fully saturated rings. The maximum Gasteiger partial charge on any atom is 0.108 e. The number of nitrogens with zero attached hydrogens (tertiary/aromatic N) is 2. The van der Waals surface area contributed by atoms with Gasteiger partial charge < -0.3 is 9.30 Å². The van der Waals surface area contributed by atoms with Crippen molar-refractivity contribution < 1.29 is 4.74 Å². The van der Waals surface area contributed by atoms with Gasteiger partial charge in [-0.1, -0.05) is 6.92 Å². The molecule has 2 atom stereocenters. The minimum absolute atomic E-state index is 0.554. The summed E-state index contributed by atoms with van der Waals surface area (Å²) in [7, 11) is 0. The molecule has 82 valence electrons. The summed E-state index contributed by atoms with van der Waals surface area (Å²) in [4.78, 5) is 4.75. The topological polar surface area (TPSA) is 27.1 Å². The molecule has 1 aromatic heterocycles. The van der Waals surface area contributed by atoms with E-state index >= 15 is 0 Å². The first-order valence-electron chi connectivity index (χ1n) is 5.96. The largest absolute Gasteiger partial charge is 0.381 e. The molecule has 3 heteroatoms. The summed E-state index contributed by atoms with van der Waals surface area (Å²) in [6, 6.07) is 0. The molecule has 0 bridgehead atoms. The van der Waals surface area contributed by atoms with Crippen LogP contribution in [-0.2, 0) is 17.7 Å². The number of hydrogen-bond acceptors (Lipinski definition) is 2. The van der Waals surface area contributed by atoms with Crippen molar-refractivity contribution in [2.24, 2.45) is 5.92 Å². The number of hydrogen-bond donors (Lipinski definition) is 0. The van der Waals surface area contributed by atoms with Crippen LogP contribution in [0.25, 0.3) is 0 Å². The Morgan fingerprint density at radius 2 is 2.40 bits per heavy atom. The molecule has 15 heavy (non-hydrogen) atoms. The lowest BCUT2D eigenvalue weighted by Crippen LogP contribution is -2.17. The zero-order valence-electron chi connectivity index (χ0n) is 9.28. The zero-order chi connectivity index (χ0) is 10.3. The van der Waals surface area contributed by atoms with Crippen LogP contribution >= 0.6 is 0 Å². The molecule has 0 amide bonds. The highest BCUT2D eigenvalue weighted by atomic mass is 16.5. The van der Waals surface area contributed by atoms with Gasteiger partial charge in [-0.25, -0.2) is 4.98 Å². The Balaban J connectivity index is 1.85. The molecule has 0 radical (unpaired) electrons. The maximum atomic E-state index is 5.42. The Kier molecular flexibility index (Phi) is 2.28. The van der Waals surface area contributed by atoms with E-state index in [-0.39, 0.29) is 0 Å². The van der Waals surface area contributed by atoms with Crippen molar-refractivity contribution in [3.63, 3.8) is 0 Å². The summed E-state index contributed by atoms with van der Waals surface area (Å²) >= 11 is 0. The molecular weight excluding hydrogens is 188 g/mol. The van der Waals surface area contributed by atoms with E-state index in [0.29, 0.717) is 5.92 Å². The second-order valence-electron chi connectivity index (χ2n) is 4.94. The van der Waals surface area contributed by atoms with Crippen LogP contribution in [0.15, 0.2) is 6.20 Å². The van der Waals surface area contributed by atoms with Crippen molar-refractivity contribution in [2.75, 3.05) is 13.2 Å². The molecule has 0 N–H and O–H groups in total. The normalized spacial score (nSPS) is 30.5. The lowest BCUT2D eigenvalue weighted by Gasteiger charge is -2.19. The highest BCUT2D eigenvalue weighted by Crippen LogP contribution is 2.27. The summed E-state index contributed by atoms with van der Waals surface area (Å²) < 4.78 is 7.76. The molecule has 2 aliphatic rings. The van der Waals surface area contributed by atoms with Gasteiger partial charge in [-0.05, 0) is 18.8 Å². The van der Waals surface area contributed by atoms with Gasteiger partial charge in [0, 0.05) is 31.7 Å². The number of aromatic nitrogens is 2. The van der Waals surface area contributed by atoms with Crippen LogP contribution in [0.1, 0.15) is 37.2 Å². The van der Waals surface area contributed by atoms with Crippen molar-refractivity contribution in [3.8, 4) is 0 Å². The molecular formula is C12H18N2O. The average Bonchev–Trinajstić information content (AvgIpc) is 2.84. The van der Waals surface area contributed by atoms with E-state index in [1.165, 1.54) is 17.9 Å². The number of ether oxygens (including phenoxy) is 1. The summed E-state index contributed by atoms with van der Waals surface area (Å²) in [5.41, 5.74) is 1.26. The van der Waals surface area contributed by atoms with Crippen LogP contribution in [0.2, 0.25) is 0 Å². The predicted molar refractivity (Wildman–Crippen MR) is 57.9 cm³/mol. The summed E-state index contributed by atoms with van der Waals surface area (Å²) in [6.45, 7) is 5.24. The Labute approximate surface area is 90.5 Å². The first-order chi connectivity index (χ1) is 7.33. The van der Waals surface area contributed by atoms with Gasteiger partial charge in [0.1, 0.15) is 5.82 Å². The highest BCUT2D eigenvalue weighted by Gasteiger charge is 2.23. The molecule has 3 heterocycles. The van der Waals surface area contributed by atoms with E-state index in [0.717, 1.165) is 38.5 Å². The van der Waals surface area contributed by atoms with E-state index in [2.05, 4.69) is 17.7 Å². The molecule has 3 nitrogen and oxygen atoms in total. The van der Waals surface area contributed by atoms with Gasteiger partial charge in [0.2, 0.25) is 0 Å². The van der Waals surface area contributed by atoms with Crippen molar-refractivity contribution in [1.82, 2.24) is 9.55 Å². The summed E-state index contributed by atoms with van der Waals surface area (Å²) in [6.07, 6.45) is 5.84. The van der Waals surface area contributed by atoms with Gasteiger partial charge in [0.05, 0.1) is 12.3 Å². The predicted octanol–water partition coefficient (Wildman–Crippen LogP) is 1.97. The standard InChI is InChI=1S/C12H18N2O/c1-9-2-3-12-13-11(7-14(12)6-9)10-4-5-15-8-10/h7,9-10H,2-6,8H2,1H3. The smallest absolute Gasteiger partial charge is 0.108 e. The summed E-state index contributed by atoms with van der Waals surface area (Å²) in [5.74, 6) is 2.65. The fraction of sp³-hybridized carbons (Fsp3) is 0.750. The van der Waals surface area contributed by atoms with E-state index < -0.39 is 0 Å². The van der Waals surface area contributed by atoms with E-state index in [1.54, 1.807) is 0 Å². The third-order valence-corrected chi connectivity index (χ3v) is 3.59. The third-order valence-electron chi connectivity index (χ3n) is 3.59. The minimum atomic E-state index is 0.554. The van der Waals surface area contributed by atoms with Crippen LogP contribution in [-0.4, -0.2) is 22.8 Å². The van der Waals surface area contributed by atoms with Crippen LogP contribution in [0.3, 0.4) is 0 Å². The molecule has 2 aliphatic heterocycles. The summed E-state index contributed by atoms with van der Waals surface area (Å²) in [5, 5.41) is 0. The molecule has 3 rings (SSSR count). The molecule has 2 unspecified atom stereocenters. The Morgan fingerprint density at radius 3 is 3.20 bits per heavy atom. The van der Waals surface area contributed by atoms with Crippen molar-refractivity contribution >= 4 is 0 Å². The quantitative estimate of drug-likeness (QED) is 0.702. The number of rotatable bonds is 1. The Morgan fingerprint density at radius 1 is 1.47 bits per heavy atom. The third kappa shape index (κ3) is 1.69. The van der Waals surface area contributed by atoms with E-state index in [1.807, 2.05) is 0 Å². The first-order valence-corrected chi connectivity index (χ1v) is 5.96. The number of imidazole rings is 1. The lowest BCUT2D eigenvalue weighted by atomic mass is 10.0. The fourth-order valence-corrected chi connectivity index (χ4v) is 2.60. The van der Waals surface area contributed by atoms with Gasteiger partial charge in [-0.15, -0.1) is 0 Å². The SMILES string of the molecule is CC1CCc2nc(C3CCOC3)cn2C1. The van der Waals surface area contributed by atoms with Crippen LogP contribution in [0.4, 0.5) is 0 Å². The van der Waals surface area contributed by atoms with Crippen LogP contribution in [0, 0.1) is 5.92 Å². The van der Waals surface area contributed by atoms with Crippen molar-refractivity contribution in [2.45, 2.75) is 38.6 Å². The van der Waals surface area contributed by atoms with Crippen molar-refractivity contribution in [3.05, 3.63) is 17.7 Å². The van der Waals surface area contributed by atoms with Gasteiger partial charge in [-0.2, -0.15) is 0 Å².